The van der Waals surface area contributed by atoms with Crippen LogP contribution in [0.4, 0.5) is 5.69 Å². The zero-order chi connectivity index (χ0) is 18.4. The summed E-state index contributed by atoms with van der Waals surface area (Å²) in [6, 6.07) is 20.6. The molecule has 0 saturated carbocycles. The van der Waals surface area contributed by atoms with Crippen LogP contribution in [0.15, 0.2) is 77.7 Å². The van der Waals surface area contributed by atoms with Crippen molar-refractivity contribution >= 4 is 11.6 Å². The maximum atomic E-state index is 5.44. The van der Waals surface area contributed by atoms with E-state index in [0.29, 0.717) is 11.8 Å². The lowest BCUT2D eigenvalue weighted by Crippen LogP contribution is -3.06. The molecule has 2 aromatic rings. The molecule has 2 unspecified atom stereocenters. The van der Waals surface area contributed by atoms with Crippen molar-refractivity contribution in [2.24, 2.45) is 4.99 Å². The van der Waals surface area contributed by atoms with E-state index in [-0.39, 0.29) is 6.04 Å². The summed E-state index contributed by atoms with van der Waals surface area (Å²) in [5.74, 6) is 1.18. The molecule has 2 atom stereocenters. The van der Waals surface area contributed by atoms with E-state index in [9.17, 15) is 0 Å². The van der Waals surface area contributed by atoms with Gasteiger partial charge in [0.05, 0.1) is 6.04 Å². The van der Waals surface area contributed by atoms with Gasteiger partial charge in [-0.2, -0.15) is 4.99 Å². The number of para-hydroxylation sites is 1. The highest BCUT2D eigenvalue weighted by Crippen LogP contribution is 2.11. The van der Waals surface area contributed by atoms with E-state index >= 15 is 0 Å². The summed E-state index contributed by atoms with van der Waals surface area (Å²) in [4.78, 5) is 11.9. The molecule has 0 aliphatic carbocycles. The molecule has 136 valence electrons. The van der Waals surface area contributed by atoms with Crippen molar-refractivity contribution in [3.63, 3.8) is 0 Å². The highest BCUT2D eigenvalue weighted by Gasteiger charge is 2.18. The van der Waals surface area contributed by atoms with Gasteiger partial charge in [-0.15, -0.1) is 0 Å². The highest BCUT2D eigenvalue weighted by molar-refractivity contribution is 5.93. The molecule has 1 aliphatic heterocycles. The maximum Gasteiger partial charge on any atom is 0.259 e. The van der Waals surface area contributed by atoms with E-state index in [1.807, 2.05) is 61.6 Å². The van der Waals surface area contributed by atoms with Gasteiger partial charge in [-0.25, -0.2) is 0 Å². The van der Waals surface area contributed by atoms with Crippen molar-refractivity contribution in [1.29, 1.82) is 0 Å². The number of benzene rings is 2. The van der Waals surface area contributed by atoms with E-state index in [4.69, 9.17) is 4.84 Å². The molecule has 0 amide bonds. The van der Waals surface area contributed by atoms with Crippen molar-refractivity contribution in [1.82, 2.24) is 4.90 Å². The normalized spacial score (nSPS) is 18.0. The third-order valence-corrected chi connectivity index (χ3v) is 4.08. The molecule has 2 N–H and O–H groups in total. The molecule has 6 nitrogen and oxygen atoms in total. The standard InChI is InChI=1S/C20H25N5O/c1-16(14-17-10-6-4-7-11-17)25-15-19(26-23-25)22-20(24(2)3)21-18-12-8-5-9-13-18/h4-13,15-16,25H,14H2,1-3H3,(H,21,22). The third-order valence-electron chi connectivity index (χ3n) is 4.08. The summed E-state index contributed by atoms with van der Waals surface area (Å²) in [7, 11) is 3.87. The van der Waals surface area contributed by atoms with Crippen LogP contribution < -0.4 is 10.3 Å². The molecule has 3 rings (SSSR count). The number of aliphatic imine (C=N–C) groups is 1. The quantitative estimate of drug-likeness (QED) is 0.643. The van der Waals surface area contributed by atoms with E-state index in [0.717, 1.165) is 17.1 Å². The van der Waals surface area contributed by atoms with Gasteiger partial charge in [0, 0.05) is 26.2 Å². The van der Waals surface area contributed by atoms with Crippen LogP contribution in [0, 0.1) is 0 Å². The summed E-state index contributed by atoms with van der Waals surface area (Å²) < 4.78 is 0. The molecular weight excluding hydrogens is 326 g/mol. The fourth-order valence-corrected chi connectivity index (χ4v) is 2.63. The summed E-state index contributed by atoms with van der Waals surface area (Å²) in [6.45, 7) is 2.15. The first-order valence-electron chi connectivity index (χ1n) is 8.70. The van der Waals surface area contributed by atoms with Crippen molar-refractivity contribution < 1.29 is 9.85 Å². The Hall–Kier alpha value is -2.83. The average molecular weight is 351 g/mol. The van der Waals surface area contributed by atoms with Gasteiger partial charge in [0.2, 0.25) is 5.96 Å². The van der Waals surface area contributed by atoms with Gasteiger partial charge in [0.15, 0.2) is 0 Å². The summed E-state index contributed by atoms with van der Waals surface area (Å²) in [5, 5.41) is 4.20. The number of guanidine groups is 1. The van der Waals surface area contributed by atoms with Crippen molar-refractivity contribution in [2.75, 3.05) is 19.4 Å². The molecule has 1 aliphatic rings. The highest BCUT2D eigenvalue weighted by atomic mass is 16.7. The van der Waals surface area contributed by atoms with E-state index in [2.05, 4.69) is 47.1 Å². The monoisotopic (exact) mass is 351 g/mol. The number of quaternary nitrogens is 1. The van der Waals surface area contributed by atoms with Gasteiger partial charge in [-0.3, -0.25) is 5.59 Å². The lowest BCUT2D eigenvalue weighted by atomic mass is 10.1. The number of anilines is 1. The number of nitrogens with zero attached hydrogens (tertiary/aromatic N) is 3. The molecule has 0 aromatic heterocycles. The van der Waals surface area contributed by atoms with Crippen LogP contribution in [0.5, 0.6) is 0 Å². The molecular formula is C20H25N5O. The van der Waals surface area contributed by atoms with Gasteiger partial charge >= 0.3 is 0 Å². The minimum atomic E-state index is 0.259. The first kappa shape index (κ1) is 18.0. The van der Waals surface area contributed by atoms with Crippen LogP contribution in [-0.2, 0) is 11.3 Å². The Balaban J connectivity index is 1.67. The first-order valence-corrected chi connectivity index (χ1v) is 8.70. The predicted octanol–water partition coefficient (Wildman–Crippen LogP) is 2.57. The topological polar surface area (TPSA) is 55.4 Å². The van der Waals surface area contributed by atoms with Crippen LogP contribution in [-0.4, -0.2) is 31.0 Å². The molecule has 26 heavy (non-hydrogen) atoms. The smallest absolute Gasteiger partial charge is 0.259 e. The van der Waals surface area contributed by atoms with E-state index in [1.54, 1.807) is 0 Å². The van der Waals surface area contributed by atoms with Crippen LogP contribution >= 0.6 is 0 Å². The van der Waals surface area contributed by atoms with Crippen molar-refractivity contribution in [2.45, 2.75) is 19.4 Å². The predicted molar refractivity (Wildman–Crippen MR) is 104 cm³/mol. The van der Waals surface area contributed by atoms with Crippen molar-refractivity contribution in [3.05, 3.63) is 83.9 Å². The number of hydrogen-bond acceptors (Lipinski definition) is 2. The minimum absolute atomic E-state index is 0.259. The van der Waals surface area contributed by atoms with Crippen molar-refractivity contribution in [3.8, 4) is 0 Å². The molecule has 0 spiro atoms. The van der Waals surface area contributed by atoms with Crippen LogP contribution in [0.2, 0.25) is 0 Å². The molecule has 0 saturated heterocycles. The number of hydrogen-bond donors (Lipinski definition) is 2. The number of rotatable bonds is 5. The second kappa shape index (κ2) is 8.51. The van der Waals surface area contributed by atoms with Gasteiger partial charge in [0.25, 0.3) is 5.88 Å². The Morgan fingerprint density at radius 1 is 1.12 bits per heavy atom. The van der Waals surface area contributed by atoms with E-state index in [1.165, 1.54) is 5.56 Å². The SMILES string of the molecule is CC(Cc1ccccc1)[NH+]1C=C(N=C(Nc2ccccc2)N(C)C)O[N-]1. The Labute approximate surface area is 154 Å². The molecule has 2 aromatic carbocycles. The Kier molecular flexibility index (Phi) is 5.88. The summed E-state index contributed by atoms with van der Waals surface area (Å²) >= 11 is 0. The maximum absolute atomic E-state index is 5.44. The number of nitrogens with one attached hydrogen (secondary N) is 2. The minimum Gasteiger partial charge on any atom is -0.521 e. The average Bonchev–Trinajstić information content (AvgIpc) is 3.12. The zero-order valence-corrected chi connectivity index (χ0v) is 15.4. The largest absolute Gasteiger partial charge is 0.521 e. The summed E-state index contributed by atoms with van der Waals surface area (Å²) in [5.41, 5.74) is 6.46. The Morgan fingerprint density at radius 2 is 1.77 bits per heavy atom. The summed E-state index contributed by atoms with van der Waals surface area (Å²) in [6.07, 6.45) is 2.82. The zero-order valence-electron chi connectivity index (χ0n) is 15.4. The van der Waals surface area contributed by atoms with Gasteiger partial charge in [-0.1, -0.05) is 48.5 Å². The van der Waals surface area contributed by atoms with Gasteiger partial charge < -0.3 is 20.1 Å². The molecule has 1 heterocycles. The lowest BCUT2D eigenvalue weighted by Gasteiger charge is -2.26. The fraction of sp³-hybridized carbons (Fsp3) is 0.250. The molecule has 0 bridgehead atoms. The van der Waals surface area contributed by atoms with E-state index < -0.39 is 0 Å². The second-order valence-corrected chi connectivity index (χ2v) is 6.50. The Bertz CT molecular complexity index is 758. The lowest BCUT2D eigenvalue weighted by molar-refractivity contribution is -0.840. The van der Waals surface area contributed by atoms with Crippen LogP contribution in [0.3, 0.4) is 0 Å². The second-order valence-electron chi connectivity index (χ2n) is 6.50. The third kappa shape index (κ3) is 4.84. The fourth-order valence-electron chi connectivity index (χ4n) is 2.63. The molecule has 0 fully saturated rings. The molecule has 6 heteroatoms. The van der Waals surface area contributed by atoms with Gasteiger partial charge in [0.1, 0.15) is 6.20 Å². The van der Waals surface area contributed by atoms with Crippen LogP contribution in [0.25, 0.3) is 5.59 Å². The van der Waals surface area contributed by atoms with Gasteiger partial charge in [-0.05, 0) is 24.6 Å². The Morgan fingerprint density at radius 3 is 2.42 bits per heavy atom. The van der Waals surface area contributed by atoms with Crippen LogP contribution in [0.1, 0.15) is 12.5 Å². The first-order chi connectivity index (χ1) is 12.6. The molecule has 0 radical (unpaired) electrons.